The van der Waals surface area contributed by atoms with Crippen LogP contribution in [0.2, 0.25) is 0 Å². The topological polar surface area (TPSA) is 66.4 Å². The average Bonchev–Trinajstić information content (AvgIpc) is 2.36. The van der Waals surface area contributed by atoms with E-state index < -0.39 is 17.9 Å². The second-order valence-corrected chi connectivity index (χ2v) is 4.61. The molecule has 2 unspecified atom stereocenters. The lowest BCUT2D eigenvalue weighted by Crippen LogP contribution is -2.39. The summed E-state index contributed by atoms with van der Waals surface area (Å²) in [5.74, 6) is -1.82. The SMILES string of the molecule is Cc1ccccc1/C=C/C(=O)NC(C)C(C)C(=O)O. The molecule has 2 N–H and O–H groups in total. The first-order valence-corrected chi connectivity index (χ1v) is 6.19. The molecule has 0 aliphatic carbocycles. The standard InChI is InChI=1S/C15H19NO3/c1-10-6-4-5-7-13(10)8-9-14(17)16-12(3)11(2)15(18)19/h4-9,11-12H,1-3H3,(H,16,17)(H,18,19)/b9-8+. The second-order valence-electron chi connectivity index (χ2n) is 4.61. The van der Waals surface area contributed by atoms with Gasteiger partial charge in [0.05, 0.1) is 5.92 Å². The average molecular weight is 261 g/mol. The van der Waals surface area contributed by atoms with Crippen LogP contribution >= 0.6 is 0 Å². The van der Waals surface area contributed by atoms with Crippen molar-refractivity contribution < 1.29 is 14.7 Å². The first-order valence-electron chi connectivity index (χ1n) is 6.19. The van der Waals surface area contributed by atoms with Gasteiger partial charge in [0.15, 0.2) is 0 Å². The van der Waals surface area contributed by atoms with E-state index in [2.05, 4.69) is 5.32 Å². The highest BCUT2D eigenvalue weighted by atomic mass is 16.4. The van der Waals surface area contributed by atoms with Crippen molar-refractivity contribution in [3.8, 4) is 0 Å². The number of benzene rings is 1. The number of rotatable bonds is 5. The molecule has 0 spiro atoms. The summed E-state index contributed by atoms with van der Waals surface area (Å²) in [4.78, 5) is 22.5. The molecule has 1 aromatic rings. The van der Waals surface area contributed by atoms with E-state index in [0.717, 1.165) is 11.1 Å². The molecular formula is C15H19NO3. The minimum Gasteiger partial charge on any atom is -0.481 e. The Morgan fingerprint density at radius 2 is 1.89 bits per heavy atom. The zero-order valence-corrected chi connectivity index (χ0v) is 11.4. The van der Waals surface area contributed by atoms with Gasteiger partial charge in [-0.1, -0.05) is 24.3 Å². The van der Waals surface area contributed by atoms with E-state index in [1.807, 2.05) is 31.2 Å². The van der Waals surface area contributed by atoms with Crippen LogP contribution in [0.4, 0.5) is 0 Å². The van der Waals surface area contributed by atoms with Crippen LogP contribution in [0.25, 0.3) is 6.08 Å². The smallest absolute Gasteiger partial charge is 0.308 e. The highest BCUT2D eigenvalue weighted by Crippen LogP contribution is 2.09. The van der Waals surface area contributed by atoms with Crippen molar-refractivity contribution in [2.24, 2.45) is 5.92 Å². The summed E-state index contributed by atoms with van der Waals surface area (Å²) in [5.41, 5.74) is 2.05. The molecule has 0 radical (unpaired) electrons. The third-order valence-electron chi connectivity index (χ3n) is 3.11. The lowest BCUT2D eigenvalue weighted by Gasteiger charge is -2.16. The van der Waals surface area contributed by atoms with E-state index in [9.17, 15) is 9.59 Å². The normalized spacial score (nSPS) is 14.1. The lowest BCUT2D eigenvalue weighted by molar-refractivity contribution is -0.142. The fraction of sp³-hybridized carbons (Fsp3) is 0.333. The largest absolute Gasteiger partial charge is 0.481 e. The number of amides is 1. The molecule has 0 aliphatic heterocycles. The minimum atomic E-state index is -0.921. The maximum Gasteiger partial charge on any atom is 0.308 e. The summed E-state index contributed by atoms with van der Waals surface area (Å²) in [6, 6.07) is 7.31. The van der Waals surface area contributed by atoms with E-state index in [1.165, 1.54) is 6.08 Å². The Balaban J connectivity index is 2.61. The van der Waals surface area contributed by atoms with Crippen LogP contribution in [0.5, 0.6) is 0 Å². The van der Waals surface area contributed by atoms with E-state index in [-0.39, 0.29) is 5.91 Å². The third kappa shape index (κ3) is 4.58. The van der Waals surface area contributed by atoms with E-state index in [1.54, 1.807) is 19.9 Å². The Hall–Kier alpha value is -2.10. The fourth-order valence-electron chi connectivity index (χ4n) is 1.55. The van der Waals surface area contributed by atoms with Crippen molar-refractivity contribution in [1.82, 2.24) is 5.32 Å². The third-order valence-corrected chi connectivity index (χ3v) is 3.11. The summed E-state index contributed by atoms with van der Waals surface area (Å²) in [5, 5.41) is 11.5. The van der Waals surface area contributed by atoms with E-state index in [0.29, 0.717) is 0 Å². The molecule has 1 aromatic carbocycles. The second kappa shape index (κ2) is 6.73. The molecule has 0 heterocycles. The summed E-state index contributed by atoms with van der Waals surface area (Å²) >= 11 is 0. The molecule has 19 heavy (non-hydrogen) atoms. The van der Waals surface area contributed by atoms with Crippen molar-refractivity contribution in [1.29, 1.82) is 0 Å². The van der Waals surface area contributed by atoms with Crippen molar-refractivity contribution >= 4 is 18.0 Å². The van der Waals surface area contributed by atoms with Crippen LogP contribution in [0.15, 0.2) is 30.3 Å². The van der Waals surface area contributed by atoms with Crippen molar-refractivity contribution in [3.63, 3.8) is 0 Å². The predicted octanol–water partition coefficient (Wildman–Crippen LogP) is 2.23. The summed E-state index contributed by atoms with van der Waals surface area (Å²) < 4.78 is 0. The van der Waals surface area contributed by atoms with Crippen LogP contribution in [0.3, 0.4) is 0 Å². The Labute approximate surface area is 113 Å². The monoisotopic (exact) mass is 261 g/mol. The molecule has 0 saturated carbocycles. The molecule has 1 rings (SSSR count). The van der Waals surface area contributed by atoms with Gasteiger partial charge in [0.1, 0.15) is 0 Å². The van der Waals surface area contributed by atoms with Gasteiger partial charge in [0.25, 0.3) is 0 Å². The minimum absolute atomic E-state index is 0.288. The van der Waals surface area contributed by atoms with Gasteiger partial charge in [-0.2, -0.15) is 0 Å². The van der Waals surface area contributed by atoms with E-state index in [4.69, 9.17) is 5.11 Å². The molecule has 4 heteroatoms. The Morgan fingerprint density at radius 1 is 1.26 bits per heavy atom. The number of aliphatic carboxylic acids is 1. The maximum atomic E-state index is 11.7. The number of carbonyl (C=O) groups is 2. The number of hydrogen-bond acceptors (Lipinski definition) is 2. The number of carboxylic acids is 1. The Bertz CT molecular complexity index is 494. The highest BCUT2D eigenvalue weighted by molar-refractivity contribution is 5.92. The van der Waals surface area contributed by atoms with Gasteiger partial charge in [0.2, 0.25) is 5.91 Å². The van der Waals surface area contributed by atoms with Crippen LogP contribution in [-0.2, 0) is 9.59 Å². The molecule has 2 atom stereocenters. The van der Waals surface area contributed by atoms with Crippen LogP contribution in [0, 0.1) is 12.8 Å². The fourth-order valence-corrected chi connectivity index (χ4v) is 1.55. The summed E-state index contributed by atoms with van der Waals surface area (Å²) in [7, 11) is 0. The number of aryl methyl sites for hydroxylation is 1. The highest BCUT2D eigenvalue weighted by Gasteiger charge is 2.19. The molecule has 102 valence electrons. The van der Waals surface area contributed by atoms with Gasteiger partial charge in [-0.05, 0) is 38.0 Å². The van der Waals surface area contributed by atoms with Crippen LogP contribution in [-0.4, -0.2) is 23.0 Å². The molecule has 0 aliphatic rings. The van der Waals surface area contributed by atoms with E-state index >= 15 is 0 Å². The first kappa shape index (κ1) is 15.0. The first-order chi connectivity index (χ1) is 8.91. The molecule has 0 fully saturated rings. The molecule has 1 amide bonds. The van der Waals surface area contributed by atoms with Crippen molar-refractivity contribution in [2.75, 3.05) is 0 Å². The van der Waals surface area contributed by atoms with Gasteiger partial charge >= 0.3 is 5.97 Å². The molecule has 0 bridgehead atoms. The Kier molecular flexibility index (Phi) is 5.30. The zero-order valence-electron chi connectivity index (χ0n) is 11.4. The molecule has 0 aromatic heterocycles. The number of carboxylic acid groups (broad SMARTS) is 1. The predicted molar refractivity (Wildman–Crippen MR) is 74.6 cm³/mol. The summed E-state index contributed by atoms with van der Waals surface area (Å²) in [6.07, 6.45) is 3.15. The summed E-state index contributed by atoms with van der Waals surface area (Å²) in [6.45, 7) is 5.21. The lowest BCUT2D eigenvalue weighted by atomic mass is 10.0. The molecular weight excluding hydrogens is 242 g/mol. The molecule has 0 saturated heterocycles. The number of hydrogen-bond donors (Lipinski definition) is 2. The van der Waals surface area contributed by atoms with Crippen LogP contribution < -0.4 is 5.32 Å². The quantitative estimate of drug-likeness (QED) is 0.799. The maximum absolute atomic E-state index is 11.7. The number of carbonyl (C=O) groups excluding carboxylic acids is 1. The van der Waals surface area contributed by atoms with Crippen LogP contribution in [0.1, 0.15) is 25.0 Å². The zero-order chi connectivity index (χ0) is 14.4. The van der Waals surface area contributed by atoms with Gasteiger partial charge < -0.3 is 10.4 Å². The number of nitrogens with one attached hydrogen (secondary N) is 1. The molecule has 4 nitrogen and oxygen atoms in total. The van der Waals surface area contributed by atoms with Crippen molar-refractivity contribution in [3.05, 3.63) is 41.5 Å². The van der Waals surface area contributed by atoms with Gasteiger partial charge in [-0.25, -0.2) is 0 Å². The van der Waals surface area contributed by atoms with Crippen molar-refractivity contribution in [2.45, 2.75) is 26.8 Å². The van der Waals surface area contributed by atoms with Gasteiger partial charge in [0, 0.05) is 12.1 Å². The Morgan fingerprint density at radius 3 is 2.47 bits per heavy atom. The van der Waals surface area contributed by atoms with Gasteiger partial charge in [-0.15, -0.1) is 0 Å². The van der Waals surface area contributed by atoms with Gasteiger partial charge in [-0.3, -0.25) is 9.59 Å².